The number of aryl methyl sites for hydroxylation is 1. The van der Waals surface area contributed by atoms with E-state index in [4.69, 9.17) is 23.7 Å². The molecule has 1 N–H and O–H groups in total. The fourth-order valence-electron chi connectivity index (χ4n) is 2.76. The van der Waals surface area contributed by atoms with Crippen LogP contribution in [0.3, 0.4) is 0 Å². The first-order valence-corrected chi connectivity index (χ1v) is 10.9. The lowest BCUT2D eigenvalue weighted by molar-refractivity contribution is -0.142. The van der Waals surface area contributed by atoms with Gasteiger partial charge in [-0.15, -0.1) is 11.3 Å². The van der Waals surface area contributed by atoms with Crippen LogP contribution in [0.15, 0.2) is 24.3 Å². The molecule has 0 aliphatic carbocycles. The smallest absolute Gasteiger partial charge is 0.341 e. The molecule has 0 saturated carbocycles. The van der Waals surface area contributed by atoms with E-state index < -0.39 is 24.5 Å². The van der Waals surface area contributed by atoms with Gasteiger partial charge in [0.05, 0.1) is 33.5 Å². The van der Waals surface area contributed by atoms with Crippen LogP contribution in [0.25, 0.3) is 6.08 Å². The molecule has 1 aromatic heterocycles. The number of amides is 1. The Balaban J connectivity index is 2.02. The number of carbonyl (C=O) groups is 3. The van der Waals surface area contributed by atoms with Gasteiger partial charge in [0.25, 0.3) is 5.91 Å². The van der Waals surface area contributed by atoms with Crippen LogP contribution in [-0.2, 0) is 25.5 Å². The average Bonchev–Trinajstić information content (AvgIpc) is 3.23. The number of methoxy groups -OCH3 is 3. The molecule has 33 heavy (non-hydrogen) atoms. The maximum atomic E-state index is 12.3. The molecule has 0 aliphatic rings. The predicted octanol–water partition coefficient (Wildman–Crippen LogP) is 3.71. The number of nitrogens with one attached hydrogen (secondary N) is 1. The van der Waals surface area contributed by atoms with Gasteiger partial charge in [0, 0.05) is 22.6 Å². The average molecular weight is 478 g/mol. The molecule has 0 aliphatic heterocycles. The molecular formula is C23H27NO8S. The standard InChI is InChI=1S/C23H27NO8S/c1-6-15-11-16(23(27)31-7-2)22(33-15)24-20(25)13-32-21(26)9-8-14-10-18(29-4)19(30-5)12-17(14)28-3/h8-12H,6-7,13H2,1-5H3,(H,24,25)/b9-8+. The lowest BCUT2D eigenvalue weighted by Crippen LogP contribution is -2.21. The monoisotopic (exact) mass is 477 g/mol. The Morgan fingerprint density at radius 2 is 1.61 bits per heavy atom. The van der Waals surface area contributed by atoms with Crippen LogP contribution in [0.2, 0.25) is 0 Å². The summed E-state index contributed by atoms with van der Waals surface area (Å²) in [5.74, 6) is -0.417. The number of ether oxygens (including phenoxy) is 5. The second-order valence-corrected chi connectivity index (χ2v) is 7.60. The Morgan fingerprint density at radius 1 is 0.939 bits per heavy atom. The molecule has 1 amide bonds. The van der Waals surface area contributed by atoms with Gasteiger partial charge in [-0.05, 0) is 31.6 Å². The molecule has 1 heterocycles. The molecule has 0 saturated heterocycles. The van der Waals surface area contributed by atoms with Crippen molar-refractivity contribution in [2.75, 3.05) is 39.9 Å². The highest BCUT2D eigenvalue weighted by molar-refractivity contribution is 7.16. The third-order valence-electron chi connectivity index (χ3n) is 4.36. The Bertz CT molecular complexity index is 1030. The first-order chi connectivity index (χ1) is 15.9. The van der Waals surface area contributed by atoms with Gasteiger partial charge in [0.2, 0.25) is 0 Å². The fraction of sp³-hybridized carbons (Fsp3) is 0.348. The SMILES string of the molecule is CCOC(=O)c1cc(CC)sc1NC(=O)COC(=O)/C=C/c1cc(OC)c(OC)cc1OC. The van der Waals surface area contributed by atoms with Gasteiger partial charge in [-0.3, -0.25) is 4.79 Å². The summed E-state index contributed by atoms with van der Waals surface area (Å²) in [7, 11) is 4.49. The molecule has 10 heteroatoms. The number of benzene rings is 1. The van der Waals surface area contributed by atoms with Crippen molar-refractivity contribution < 1.29 is 38.1 Å². The minimum absolute atomic E-state index is 0.221. The first kappa shape index (κ1) is 25.7. The zero-order valence-corrected chi connectivity index (χ0v) is 20.0. The molecule has 0 fully saturated rings. The number of hydrogen-bond acceptors (Lipinski definition) is 9. The highest BCUT2D eigenvalue weighted by atomic mass is 32.1. The normalized spacial score (nSPS) is 10.6. The largest absolute Gasteiger partial charge is 0.496 e. The zero-order chi connectivity index (χ0) is 24.4. The van der Waals surface area contributed by atoms with Crippen molar-refractivity contribution in [1.29, 1.82) is 0 Å². The second-order valence-electron chi connectivity index (χ2n) is 6.47. The van der Waals surface area contributed by atoms with E-state index in [-0.39, 0.29) is 12.2 Å². The van der Waals surface area contributed by atoms with Crippen LogP contribution >= 0.6 is 11.3 Å². The zero-order valence-electron chi connectivity index (χ0n) is 19.2. The van der Waals surface area contributed by atoms with Crippen molar-refractivity contribution in [2.45, 2.75) is 20.3 Å². The Labute approximate surface area is 196 Å². The molecule has 2 rings (SSSR count). The van der Waals surface area contributed by atoms with Crippen molar-refractivity contribution in [3.63, 3.8) is 0 Å². The Morgan fingerprint density at radius 3 is 2.21 bits per heavy atom. The van der Waals surface area contributed by atoms with E-state index >= 15 is 0 Å². The van der Waals surface area contributed by atoms with E-state index in [1.165, 1.54) is 44.8 Å². The van der Waals surface area contributed by atoms with Gasteiger partial charge in [-0.2, -0.15) is 0 Å². The van der Waals surface area contributed by atoms with Crippen LogP contribution in [0, 0.1) is 0 Å². The summed E-state index contributed by atoms with van der Waals surface area (Å²) in [4.78, 5) is 37.4. The highest BCUT2D eigenvalue weighted by Gasteiger charge is 2.19. The number of hydrogen-bond donors (Lipinski definition) is 1. The quantitative estimate of drug-likeness (QED) is 0.385. The van der Waals surface area contributed by atoms with Crippen molar-refractivity contribution in [2.24, 2.45) is 0 Å². The molecule has 0 radical (unpaired) electrons. The highest BCUT2D eigenvalue weighted by Crippen LogP contribution is 2.35. The summed E-state index contributed by atoms with van der Waals surface area (Å²) >= 11 is 1.27. The van der Waals surface area contributed by atoms with Crippen molar-refractivity contribution >= 4 is 40.3 Å². The maximum absolute atomic E-state index is 12.3. The van der Waals surface area contributed by atoms with Crippen molar-refractivity contribution in [1.82, 2.24) is 0 Å². The summed E-state index contributed by atoms with van der Waals surface area (Å²) < 4.78 is 25.8. The van der Waals surface area contributed by atoms with E-state index in [0.29, 0.717) is 34.2 Å². The van der Waals surface area contributed by atoms with E-state index in [1.54, 1.807) is 25.1 Å². The minimum Gasteiger partial charge on any atom is -0.496 e. The maximum Gasteiger partial charge on any atom is 0.341 e. The molecule has 0 spiro atoms. The van der Waals surface area contributed by atoms with Gasteiger partial charge < -0.3 is 29.0 Å². The van der Waals surface area contributed by atoms with Gasteiger partial charge in [-0.1, -0.05) is 6.92 Å². The molecule has 1 aromatic carbocycles. The molecule has 9 nitrogen and oxygen atoms in total. The lowest BCUT2D eigenvalue weighted by Gasteiger charge is -2.12. The number of carbonyl (C=O) groups excluding carboxylic acids is 3. The molecule has 0 bridgehead atoms. The van der Waals surface area contributed by atoms with Crippen molar-refractivity contribution in [3.8, 4) is 17.2 Å². The summed E-state index contributed by atoms with van der Waals surface area (Å²) in [6.07, 6.45) is 3.35. The summed E-state index contributed by atoms with van der Waals surface area (Å²) in [5, 5.41) is 2.97. The number of rotatable bonds is 11. The van der Waals surface area contributed by atoms with Crippen LogP contribution in [-0.4, -0.2) is 52.4 Å². The summed E-state index contributed by atoms with van der Waals surface area (Å²) in [5.41, 5.74) is 0.833. The van der Waals surface area contributed by atoms with Crippen LogP contribution in [0.1, 0.15) is 34.6 Å². The Kier molecular flexibility index (Phi) is 9.74. The molecule has 178 valence electrons. The van der Waals surface area contributed by atoms with Gasteiger partial charge in [-0.25, -0.2) is 9.59 Å². The topological polar surface area (TPSA) is 109 Å². The summed E-state index contributed by atoms with van der Waals surface area (Å²) in [6, 6.07) is 4.96. The van der Waals surface area contributed by atoms with E-state index in [1.807, 2.05) is 6.92 Å². The Hall–Kier alpha value is -3.53. The van der Waals surface area contributed by atoms with Gasteiger partial charge in [0.1, 0.15) is 10.8 Å². The molecular weight excluding hydrogens is 450 g/mol. The lowest BCUT2D eigenvalue weighted by atomic mass is 10.1. The third-order valence-corrected chi connectivity index (χ3v) is 5.56. The predicted molar refractivity (Wildman–Crippen MR) is 124 cm³/mol. The van der Waals surface area contributed by atoms with Crippen LogP contribution in [0.5, 0.6) is 17.2 Å². The molecule has 0 unspecified atom stereocenters. The second kappa shape index (κ2) is 12.5. The number of esters is 2. The summed E-state index contributed by atoms with van der Waals surface area (Å²) in [6.45, 7) is 3.34. The molecule has 0 atom stereocenters. The fourth-order valence-corrected chi connectivity index (χ4v) is 3.76. The van der Waals surface area contributed by atoms with E-state index in [9.17, 15) is 14.4 Å². The first-order valence-electron chi connectivity index (χ1n) is 10.1. The van der Waals surface area contributed by atoms with Crippen LogP contribution in [0.4, 0.5) is 5.00 Å². The van der Waals surface area contributed by atoms with E-state index in [2.05, 4.69) is 5.32 Å². The minimum atomic E-state index is -0.729. The van der Waals surface area contributed by atoms with Crippen molar-refractivity contribution in [3.05, 3.63) is 40.3 Å². The van der Waals surface area contributed by atoms with Gasteiger partial charge in [0.15, 0.2) is 18.1 Å². The van der Waals surface area contributed by atoms with E-state index in [0.717, 1.165) is 4.88 Å². The number of anilines is 1. The van der Waals surface area contributed by atoms with Crippen LogP contribution < -0.4 is 19.5 Å². The molecule has 2 aromatic rings. The third kappa shape index (κ3) is 6.98. The van der Waals surface area contributed by atoms with Gasteiger partial charge >= 0.3 is 11.9 Å². The number of thiophene rings is 1.